The number of aromatic nitrogens is 4. The Balaban J connectivity index is 1.22. The van der Waals surface area contributed by atoms with E-state index in [1.165, 1.54) is 4.90 Å². The highest BCUT2D eigenvalue weighted by molar-refractivity contribution is 5.94. The number of likely N-dealkylation sites (N-methyl/N-ethyl adjacent to an activating group) is 1. The van der Waals surface area contributed by atoms with Gasteiger partial charge in [-0.05, 0) is 23.8 Å². The second-order valence-electron chi connectivity index (χ2n) is 8.20. The van der Waals surface area contributed by atoms with Gasteiger partial charge in [0.15, 0.2) is 6.10 Å². The molecule has 33 heavy (non-hydrogen) atoms. The highest BCUT2D eigenvalue weighted by Crippen LogP contribution is 2.41. The summed E-state index contributed by atoms with van der Waals surface area (Å²) < 4.78 is 18.6. The van der Waals surface area contributed by atoms with Crippen LogP contribution < -0.4 is 9.64 Å². The van der Waals surface area contributed by atoms with Crippen LogP contribution in [0.5, 0.6) is 5.75 Å². The standard InChI is InChI=1S/C22H20N6O5/c1-26-10-19(32-21(26)29)15-4-2-14(9-23-15)13-3-5-16-18(8-13)31-12-17-20(33-22(30)28(16)17)11-27-7-6-24-25-27/h2-9,17,19-20H,10-12H2,1H3/t17-,19-,20-/m0/s1. The first-order valence-corrected chi connectivity index (χ1v) is 10.6. The Bertz CT molecular complexity index is 1210. The Morgan fingerprint density at radius 1 is 1.09 bits per heavy atom. The number of benzene rings is 1. The second-order valence-corrected chi connectivity index (χ2v) is 8.20. The van der Waals surface area contributed by atoms with Gasteiger partial charge in [-0.2, -0.15) is 0 Å². The molecule has 0 saturated carbocycles. The van der Waals surface area contributed by atoms with Crippen molar-refractivity contribution in [2.75, 3.05) is 25.1 Å². The number of carbonyl (C=O) groups is 2. The largest absolute Gasteiger partial charge is 0.489 e. The highest BCUT2D eigenvalue weighted by atomic mass is 16.6. The molecule has 0 aliphatic carbocycles. The van der Waals surface area contributed by atoms with Crippen molar-refractivity contribution in [3.05, 3.63) is 54.6 Å². The normalized spacial score (nSPS) is 23.6. The van der Waals surface area contributed by atoms with Crippen molar-refractivity contribution in [3.8, 4) is 16.9 Å². The van der Waals surface area contributed by atoms with Crippen molar-refractivity contribution in [1.29, 1.82) is 0 Å². The first-order chi connectivity index (χ1) is 16.1. The zero-order valence-corrected chi connectivity index (χ0v) is 17.7. The molecule has 3 aliphatic rings. The Morgan fingerprint density at radius 3 is 2.70 bits per heavy atom. The molecule has 6 rings (SSSR count). The van der Waals surface area contributed by atoms with Crippen molar-refractivity contribution >= 4 is 17.9 Å². The van der Waals surface area contributed by atoms with E-state index in [9.17, 15) is 9.59 Å². The van der Waals surface area contributed by atoms with Crippen molar-refractivity contribution in [3.63, 3.8) is 0 Å². The molecular formula is C22H20N6O5. The van der Waals surface area contributed by atoms with Gasteiger partial charge in [0.1, 0.15) is 24.5 Å². The van der Waals surface area contributed by atoms with E-state index >= 15 is 0 Å². The number of hydrogen-bond acceptors (Lipinski definition) is 8. The maximum absolute atomic E-state index is 12.6. The van der Waals surface area contributed by atoms with E-state index in [1.54, 1.807) is 35.2 Å². The van der Waals surface area contributed by atoms with Crippen LogP contribution in [0.3, 0.4) is 0 Å². The Morgan fingerprint density at radius 2 is 1.97 bits per heavy atom. The Labute approximate surface area is 188 Å². The number of anilines is 1. The quantitative estimate of drug-likeness (QED) is 0.597. The van der Waals surface area contributed by atoms with Crippen molar-refractivity contribution in [1.82, 2.24) is 24.9 Å². The van der Waals surface area contributed by atoms with E-state index in [0.29, 0.717) is 36.8 Å². The average molecular weight is 448 g/mol. The fraction of sp³-hybridized carbons (Fsp3) is 0.318. The summed E-state index contributed by atoms with van der Waals surface area (Å²) in [5, 5.41) is 7.75. The summed E-state index contributed by atoms with van der Waals surface area (Å²) >= 11 is 0. The van der Waals surface area contributed by atoms with E-state index < -0.39 is 6.09 Å². The molecule has 0 spiro atoms. The molecule has 2 fully saturated rings. The number of amides is 2. The Hall–Kier alpha value is -4.15. The number of fused-ring (bicyclic) bond motifs is 3. The van der Waals surface area contributed by atoms with Gasteiger partial charge in [0.05, 0.1) is 30.7 Å². The Kier molecular flexibility index (Phi) is 4.42. The second kappa shape index (κ2) is 7.47. The number of nitrogens with zero attached hydrogens (tertiary/aromatic N) is 6. The summed E-state index contributed by atoms with van der Waals surface area (Å²) in [6, 6.07) is 9.22. The zero-order chi connectivity index (χ0) is 22.5. The number of cyclic esters (lactones) is 2. The van der Waals surface area contributed by atoms with Gasteiger partial charge < -0.3 is 19.1 Å². The molecule has 2 saturated heterocycles. The molecule has 2 amide bonds. The molecule has 2 aromatic heterocycles. The van der Waals surface area contributed by atoms with Crippen LogP contribution in [-0.4, -0.2) is 69.4 Å². The third kappa shape index (κ3) is 3.32. The fourth-order valence-corrected chi connectivity index (χ4v) is 4.37. The minimum Gasteiger partial charge on any atom is -0.489 e. The maximum atomic E-state index is 12.6. The number of pyridine rings is 1. The number of carbonyl (C=O) groups excluding carboxylic acids is 2. The highest BCUT2D eigenvalue weighted by Gasteiger charge is 2.46. The lowest BCUT2D eigenvalue weighted by molar-refractivity contribution is 0.106. The van der Waals surface area contributed by atoms with E-state index in [4.69, 9.17) is 14.2 Å². The fourth-order valence-electron chi connectivity index (χ4n) is 4.37. The topological polar surface area (TPSA) is 112 Å². The minimum absolute atomic E-state index is 0.242. The van der Waals surface area contributed by atoms with E-state index in [2.05, 4.69) is 15.3 Å². The smallest absolute Gasteiger partial charge is 0.415 e. The van der Waals surface area contributed by atoms with Gasteiger partial charge in [0, 0.05) is 25.0 Å². The number of hydrogen-bond donors (Lipinski definition) is 0. The third-order valence-electron chi connectivity index (χ3n) is 6.12. The van der Waals surface area contributed by atoms with Crippen LogP contribution in [0.1, 0.15) is 11.8 Å². The van der Waals surface area contributed by atoms with Gasteiger partial charge in [-0.3, -0.25) is 9.88 Å². The average Bonchev–Trinajstić information content (AvgIpc) is 3.54. The molecule has 5 heterocycles. The van der Waals surface area contributed by atoms with Gasteiger partial charge in [-0.1, -0.05) is 17.3 Å². The molecule has 11 nitrogen and oxygen atoms in total. The lowest BCUT2D eigenvalue weighted by Gasteiger charge is -2.31. The molecule has 0 radical (unpaired) electrons. The van der Waals surface area contributed by atoms with E-state index in [0.717, 1.165) is 11.1 Å². The summed E-state index contributed by atoms with van der Waals surface area (Å²) in [5.74, 6) is 0.609. The SMILES string of the molecule is CN1C[C@@H](c2ccc(-c3ccc4c(c3)OC[C@H]3[C@H](Cn5ccnn5)OC(=O)N43)cn2)OC1=O. The van der Waals surface area contributed by atoms with Gasteiger partial charge in [0.25, 0.3) is 0 Å². The lowest BCUT2D eigenvalue weighted by atomic mass is 10.0. The predicted molar refractivity (Wildman–Crippen MR) is 114 cm³/mol. The van der Waals surface area contributed by atoms with Gasteiger partial charge >= 0.3 is 12.2 Å². The monoisotopic (exact) mass is 448 g/mol. The lowest BCUT2D eigenvalue weighted by Crippen LogP contribution is -2.45. The molecule has 0 bridgehead atoms. The van der Waals surface area contributed by atoms with Crippen LogP contribution >= 0.6 is 0 Å². The molecular weight excluding hydrogens is 428 g/mol. The van der Waals surface area contributed by atoms with Crippen molar-refractivity contribution in [2.45, 2.75) is 24.8 Å². The molecule has 3 aliphatic heterocycles. The summed E-state index contributed by atoms with van der Waals surface area (Å²) in [5.41, 5.74) is 3.16. The zero-order valence-electron chi connectivity index (χ0n) is 17.7. The molecule has 168 valence electrons. The van der Waals surface area contributed by atoms with E-state index in [-0.39, 0.29) is 24.3 Å². The molecule has 3 aromatic rings. The van der Waals surface area contributed by atoms with Crippen molar-refractivity contribution in [2.24, 2.45) is 0 Å². The number of ether oxygens (including phenoxy) is 3. The summed E-state index contributed by atoms with van der Waals surface area (Å²) in [4.78, 5) is 31.9. The molecule has 0 N–H and O–H groups in total. The van der Waals surface area contributed by atoms with Crippen LogP contribution in [0.4, 0.5) is 15.3 Å². The minimum atomic E-state index is -0.399. The van der Waals surface area contributed by atoms with Crippen molar-refractivity contribution < 1.29 is 23.8 Å². The van der Waals surface area contributed by atoms with Gasteiger partial charge in [-0.15, -0.1) is 5.10 Å². The van der Waals surface area contributed by atoms with Crippen LogP contribution in [0.15, 0.2) is 48.9 Å². The van der Waals surface area contributed by atoms with Gasteiger partial charge in [0.2, 0.25) is 0 Å². The van der Waals surface area contributed by atoms with Gasteiger partial charge in [-0.25, -0.2) is 14.3 Å². The maximum Gasteiger partial charge on any atom is 0.415 e. The van der Waals surface area contributed by atoms with Crippen LogP contribution in [0, 0.1) is 0 Å². The van der Waals surface area contributed by atoms with Crippen LogP contribution in [-0.2, 0) is 16.0 Å². The summed E-state index contributed by atoms with van der Waals surface area (Å²) in [6.07, 6.45) is 3.56. The number of rotatable bonds is 4. The third-order valence-corrected chi connectivity index (χ3v) is 6.12. The first-order valence-electron chi connectivity index (χ1n) is 10.6. The van der Waals surface area contributed by atoms with Crippen LogP contribution in [0.25, 0.3) is 11.1 Å². The summed E-state index contributed by atoms with van der Waals surface area (Å²) in [7, 11) is 1.70. The first kappa shape index (κ1) is 19.5. The molecule has 0 unspecified atom stereocenters. The molecule has 3 atom stereocenters. The van der Waals surface area contributed by atoms with E-state index in [1.807, 2.05) is 30.3 Å². The van der Waals surface area contributed by atoms with Crippen LogP contribution in [0.2, 0.25) is 0 Å². The predicted octanol–water partition coefficient (Wildman–Crippen LogP) is 2.25. The summed E-state index contributed by atoms with van der Waals surface area (Å²) in [6.45, 7) is 1.20. The molecule has 1 aromatic carbocycles. The molecule has 11 heteroatoms.